The molecule has 0 spiro atoms. The van der Waals surface area contributed by atoms with E-state index in [0.29, 0.717) is 17.0 Å². The van der Waals surface area contributed by atoms with E-state index in [0.717, 1.165) is 5.56 Å². The number of aromatic nitrogens is 1. The second-order valence-corrected chi connectivity index (χ2v) is 7.80. The second kappa shape index (κ2) is 7.18. The van der Waals surface area contributed by atoms with Gasteiger partial charge in [0, 0.05) is 16.7 Å². The molecule has 3 aromatic carbocycles. The highest BCUT2D eigenvalue weighted by Crippen LogP contribution is 2.31. The Morgan fingerprint density at radius 3 is 2.54 bits per heavy atom. The SMILES string of the molecule is COc1ccc(Cl)cc1S(=O)(=O)Oc1ccc2nc(-c3ccccc3)oc2c1. The highest BCUT2D eigenvalue weighted by atomic mass is 35.5. The summed E-state index contributed by atoms with van der Waals surface area (Å²) in [4.78, 5) is 4.25. The van der Waals surface area contributed by atoms with Gasteiger partial charge in [-0.05, 0) is 42.5 Å². The first-order valence-corrected chi connectivity index (χ1v) is 9.99. The zero-order valence-electron chi connectivity index (χ0n) is 14.6. The van der Waals surface area contributed by atoms with Crippen LogP contribution >= 0.6 is 11.6 Å². The van der Waals surface area contributed by atoms with Crippen molar-refractivity contribution in [2.45, 2.75) is 4.90 Å². The topological polar surface area (TPSA) is 78.6 Å². The van der Waals surface area contributed by atoms with Gasteiger partial charge in [-0.15, -0.1) is 0 Å². The Morgan fingerprint density at radius 1 is 1.00 bits per heavy atom. The fourth-order valence-electron chi connectivity index (χ4n) is 2.68. The molecule has 8 heteroatoms. The maximum absolute atomic E-state index is 12.7. The van der Waals surface area contributed by atoms with Crippen LogP contribution in [0, 0.1) is 0 Å². The molecule has 0 radical (unpaired) electrons. The minimum Gasteiger partial charge on any atom is -0.495 e. The third-order valence-electron chi connectivity index (χ3n) is 3.98. The maximum Gasteiger partial charge on any atom is 0.342 e. The monoisotopic (exact) mass is 415 g/mol. The van der Waals surface area contributed by atoms with E-state index in [4.69, 9.17) is 24.9 Å². The molecule has 0 saturated heterocycles. The lowest BCUT2D eigenvalue weighted by Crippen LogP contribution is -2.11. The van der Waals surface area contributed by atoms with Crippen molar-refractivity contribution in [1.82, 2.24) is 4.98 Å². The quantitative estimate of drug-likeness (QED) is 0.430. The van der Waals surface area contributed by atoms with Crippen LogP contribution in [0.3, 0.4) is 0 Å². The zero-order chi connectivity index (χ0) is 19.7. The summed E-state index contributed by atoms with van der Waals surface area (Å²) < 4.78 is 41.5. The molecule has 0 bridgehead atoms. The molecule has 0 aliphatic carbocycles. The molecule has 0 fully saturated rings. The van der Waals surface area contributed by atoms with Crippen molar-refractivity contribution in [1.29, 1.82) is 0 Å². The van der Waals surface area contributed by atoms with E-state index in [9.17, 15) is 8.42 Å². The van der Waals surface area contributed by atoms with E-state index in [1.54, 1.807) is 6.07 Å². The van der Waals surface area contributed by atoms with Gasteiger partial charge >= 0.3 is 10.1 Å². The van der Waals surface area contributed by atoms with Crippen LogP contribution in [0.25, 0.3) is 22.6 Å². The fourth-order valence-corrected chi connectivity index (χ4v) is 4.03. The van der Waals surface area contributed by atoms with Gasteiger partial charge in [0.05, 0.1) is 7.11 Å². The molecule has 0 aliphatic rings. The molecule has 0 N–H and O–H groups in total. The number of hydrogen-bond acceptors (Lipinski definition) is 6. The van der Waals surface area contributed by atoms with Crippen LogP contribution in [0.4, 0.5) is 0 Å². The molecular weight excluding hydrogens is 402 g/mol. The molecule has 1 aromatic heterocycles. The first kappa shape index (κ1) is 18.3. The van der Waals surface area contributed by atoms with Gasteiger partial charge in [-0.2, -0.15) is 8.42 Å². The number of hydrogen-bond donors (Lipinski definition) is 0. The van der Waals surface area contributed by atoms with Crippen LogP contribution in [-0.4, -0.2) is 20.5 Å². The molecule has 4 aromatic rings. The van der Waals surface area contributed by atoms with Gasteiger partial charge in [-0.1, -0.05) is 29.8 Å². The third kappa shape index (κ3) is 3.54. The number of ether oxygens (including phenoxy) is 1. The van der Waals surface area contributed by atoms with Crippen molar-refractivity contribution in [2.24, 2.45) is 0 Å². The molecule has 0 aliphatic heterocycles. The minimum atomic E-state index is -4.16. The zero-order valence-corrected chi connectivity index (χ0v) is 16.2. The maximum atomic E-state index is 12.7. The van der Waals surface area contributed by atoms with Gasteiger partial charge in [-0.3, -0.25) is 0 Å². The number of benzene rings is 3. The van der Waals surface area contributed by atoms with Gasteiger partial charge in [0.15, 0.2) is 5.58 Å². The van der Waals surface area contributed by atoms with Crippen molar-refractivity contribution < 1.29 is 21.8 Å². The molecule has 1 heterocycles. The standard InChI is InChI=1S/C20H14ClNO5S/c1-25-17-10-7-14(21)11-19(17)28(23,24)27-15-8-9-16-18(12-15)26-20(22-16)13-5-3-2-4-6-13/h2-12H,1H3. The number of oxazole rings is 1. The van der Waals surface area contributed by atoms with Gasteiger partial charge in [0.1, 0.15) is 21.9 Å². The third-order valence-corrected chi connectivity index (χ3v) is 5.49. The molecule has 0 amide bonds. The van der Waals surface area contributed by atoms with E-state index in [-0.39, 0.29) is 21.4 Å². The molecule has 0 atom stereocenters. The lowest BCUT2D eigenvalue weighted by molar-refractivity contribution is 0.398. The highest BCUT2D eigenvalue weighted by Gasteiger charge is 2.23. The van der Waals surface area contributed by atoms with E-state index in [1.807, 2.05) is 30.3 Å². The van der Waals surface area contributed by atoms with Crippen molar-refractivity contribution in [3.63, 3.8) is 0 Å². The minimum absolute atomic E-state index is 0.0882. The Kier molecular flexibility index (Phi) is 4.70. The average molecular weight is 416 g/mol. The normalized spacial score (nSPS) is 11.5. The summed E-state index contributed by atoms with van der Waals surface area (Å²) in [7, 11) is -2.80. The summed E-state index contributed by atoms with van der Waals surface area (Å²) in [5, 5.41) is 0.251. The van der Waals surface area contributed by atoms with Gasteiger partial charge in [-0.25, -0.2) is 4.98 Å². The van der Waals surface area contributed by atoms with E-state index >= 15 is 0 Å². The van der Waals surface area contributed by atoms with Crippen LogP contribution in [0.2, 0.25) is 5.02 Å². The lowest BCUT2D eigenvalue weighted by atomic mass is 10.2. The highest BCUT2D eigenvalue weighted by molar-refractivity contribution is 7.87. The van der Waals surface area contributed by atoms with Crippen molar-refractivity contribution in [3.05, 3.63) is 71.8 Å². The molecule has 0 saturated carbocycles. The largest absolute Gasteiger partial charge is 0.495 e. The number of rotatable bonds is 5. The lowest BCUT2D eigenvalue weighted by Gasteiger charge is -2.10. The Labute approximate surface area is 166 Å². The predicted molar refractivity (Wildman–Crippen MR) is 105 cm³/mol. The van der Waals surface area contributed by atoms with E-state index < -0.39 is 10.1 Å². The molecule has 142 valence electrons. The van der Waals surface area contributed by atoms with Gasteiger partial charge in [0.25, 0.3) is 0 Å². The number of fused-ring (bicyclic) bond motifs is 1. The molecule has 28 heavy (non-hydrogen) atoms. The summed E-state index contributed by atoms with van der Waals surface area (Å²) in [5.74, 6) is 0.661. The van der Waals surface area contributed by atoms with Gasteiger partial charge < -0.3 is 13.3 Å². The van der Waals surface area contributed by atoms with Gasteiger partial charge in [0.2, 0.25) is 5.89 Å². The van der Waals surface area contributed by atoms with Crippen LogP contribution in [0.15, 0.2) is 76.0 Å². The molecular formula is C20H14ClNO5S. The van der Waals surface area contributed by atoms with Crippen molar-refractivity contribution in [2.75, 3.05) is 7.11 Å². The number of halogens is 1. The Hall–Kier alpha value is -3.03. The van der Waals surface area contributed by atoms with Crippen molar-refractivity contribution >= 4 is 32.8 Å². The second-order valence-electron chi connectivity index (χ2n) is 5.85. The molecule has 4 rings (SSSR count). The van der Waals surface area contributed by atoms with E-state index in [1.165, 1.54) is 37.4 Å². The summed E-state index contributed by atoms with van der Waals surface area (Å²) in [6, 6.07) is 18.3. The van der Waals surface area contributed by atoms with Crippen LogP contribution in [-0.2, 0) is 10.1 Å². The molecule has 0 unspecified atom stereocenters. The van der Waals surface area contributed by atoms with Crippen LogP contribution < -0.4 is 8.92 Å². The van der Waals surface area contributed by atoms with Crippen LogP contribution in [0.5, 0.6) is 11.5 Å². The predicted octanol–water partition coefficient (Wildman–Crippen LogP) is 4.92. The molecule has 6 nitrogen and oxygen atoms in total. The summed E-state index contributed by atoms with van der Waals surface area (Å²) >= 11 is 5.92. The summed E-state index contributed by atoms with van der Waals surface area (Å²) in [6.45, 7) is 0. The smallest absolute Gasteiger partial charge is 0.342 e. The number of nitrogens with zero attached hydrogens (tertiary/aromatic N) is 1. The number of methoxy groups -OCH3 is 1. The Balaban J connectivity index is 1.69. The first-order chi connectivity index (χ1) is 13.5. The van der Waals surface area contributed by atoms with Crippen LogP contribution in [0.1, 0.15) is 0 Å². The van der Waals surface area contributed by atoms with E-state index in [2.05, 4.69) is 4.98 Å². The average Bonchev–Trinajstić information content (AvgIpc) is 3.12. The Morgan fingerprint density at radius 2 is 1.79 bits per heavy atom. The van der Waals surface area contributed by atoms with Crippen molar-refractivity contribution in [3.8, 4) is 23.0 Å². The Bertz CT molecular complexity index is 1250. The fraction of sp³-hybridized carbons (Fsp3) is 0.0500. The summed E-state index contributed by atoms with van der Waals surface area (Å²) in [6.07, 6.45) is 0. The first-order valence-electron chi connectivity index (χ1n) is 8.20. The summed E-state index contributed by atoms with van der Waals surface area (Å²) in [5.41, 5.74) is 1.81.